The van der Waals surface area contributed by atoms with Crippen LogP contribution in [0.5, 0.6) is 0 Å². The van der Waals surface area contributed by atoms with Crippen LogP contribution in [0.15, 0.2) is 36.4 Å². The molecule has 0 aliphatic rings. The number of nitrogens with one attached hydrogen (secondary N) is 2. The topological polar surface area (TPSA) is 118 Å². The fourth-order valence-corrected chi connectivity index (χ4v) is 3.77. The average Bonchev–Trinajstić information content (AvgIpc) is 2.58. The number of amides is 1. The Kier molecular flexibility index (Phi) is 6.40. The first kappa shape index (κ1) is 20.7. The van der Waals surface area contributed by atoms with E-state index < -0.39 is 26.5 Å². The van der Waals surface area contributed by atoms with Gasteiger partial charge >= 0.3 is 0 Å². The Balaban J connectivity index is 2.32. The van der Waals surface area contributed by atoms with E-state index in [1.165, 1.54) is 12.1 Å². The fraction of sp³-hybridized carbons (Fsp3) is 0.235. The number of carbonyl (C=O) groups excluding carboxylic acids is 1. The van der Waals surface area contributed by atoms with Gasteiger partial charge in [-0.2, -0.15) is 0 Å². The van der Waals surface area contributed by atoms with Gasteiger partial charge in [0.25, 0.3) is 11.6 Å². The Morgan fingerprint density at radius 2 is 1.89 bits per heavy atom. The number of rotatable bonds is 7. The number of nitro groups is 1. The fourth-order valence-electron chi connectivity index (χ4n) is 2.41. The number of halogens is 1. The highest BCUT2D eigenvalue weighted by Gasteiger charge is 2.21. The van der Waals surface area contributed by atoms with Crippen LogP contribution in [0.4, 0.5) is 17.1 Å². The maximum Gasteiger partial charge on any atom is 0.283 e. The lowest BCUT2D eigenvalue weighted by Gasteiger charge is -2.14. The molecule has 10 heteroatoms. The molecule has 0 saturated heterocycles. The van der Waals surface area contributed by atoms with Crippen LogP contribution in [-0.2, 0) is 10.0 Å². The van der Waals surface area contributed by atoms with Gasteiger partial charge < -0.3 is 5.32 Å². The number of hydrogen-bond acceptors (Lipinski definition) is 5. The van der Waals surface area contributed by atoms with E-state index in [0.29, 0.717) is 23.4 Å². The summed E-state index contributed by atoms with van der Waals surface area (Å²) in [5.41, 5.74) is 0.577. The van der Waals surface area contributed by atoms with E-state index in [1.807, 2.05) is 0 Å². The van der Waals surface area contributed by atoms with E-state index in [2.05, 4.69) is 10.0 Å². The molecule has 0 aliphatic heterocycles. The third kappa shape index (κ3) is 5.18. The summed E-state index contributed by atoms with van der Waals surface area (Å²) in [5.74, 6) is -0.727. The minimum absolute atomic E-state index is 0.0278. The zero-order chi connectivity index (χ0) is 20.2. The molecule has 1 amide bonds. The van der Waals surface area contributed by atoms with Gasteiger partial charge in [-0.1, -0.05) is 24.6 Å². The number of sulfonamides is 1. The van der Waals surface area contributed by atoms with Crippen molar-refractivity contribution in [3.05, 3.63) is 62.7 Å². The maximum absolute atomic E-state index is 12.5. The standard InChI is InChI=1S/C17H18ClN3O5S/c1-3-9-27(25,26)20-15-6-4-5-14(11(15)2)19-17(22)13-8-7-12(18)10-16(13)21(23)24/h4-8,10,20H,3,9H2,1-2H3,(H,19,22). The highest BCUT2D eigenvalue weighted by Crippen LogP contribution is 2.27. The maximum atomic E-state index is 12.5. The Labute approximate surface area is 161 Å². The lowest BCUT2D eigenvalue weighted by Crippen LogP contribution is -2.18. The molecule has 0 heterocycles. The molecule has 8 nitrogen and oxygen atoms in total. The molecule has 0 spiro atoms. The molecule has 144 valence electrons. The summed E-state index contributed by atoms with van der Waals surface area (Å²) >= 11 is 5.76. The first-order valence-electron chi connectivity index (χ1n) is 8.00. The summed E-state index contributed by atoms with van der Waals surface area (Å²) in [6, 6.07) is 8.46. The van der Waals surface area contributed by atoms with E-state index in [4.69, 9.17) is 11.6 Å². The van der Waals surface area contributed by atoms with E-state index in [0.717, 1.165) is 6.07 Å². The van der Waals surface area contributed by atoms with Crippen molar-refractivity contribution >= 4 is 44.6 Å². The van der Waals surface area contributed by atoms with Gasteiger partial charge in [-0.15, -0.1) is 0 Å². The van der Waals surface area contributed by atoms with Crippen LogP contribution in [0.1, 0.15) is 29.3 Å². The number of carbonyl (C=O) groups is 1. The van der Waals surface area contributed by atoms with Crippen LogP contribution < -0.4 is 10.0 Å². The summed E-state index contributed by atoms with van der Waals surface area (Å²) in [6.07, 6.45) is 0.463. The predicted molar refractivity (Wildman–Crippen MR) is 105 cm³/mol. The smallest absolute Gasteiger partial charge is 0.283 e. The molecule has 0 aromatic heterocycles. The number of benzene rings is 2. The molecule has 0 atom stereocenters. The van der Waals surface area contributed by atoms with Crippen molar-refractivity contribution in [1.29, 1.82) is 0 Å². The SMILES string of the molecule is CCCS(=O)(=O)Nc1cccc(NC(=O)c2ccc(Cl)cc2[N+](=O)[O-])c1C. The molecule has 2 rings (SSSR count). The third-order valence-electron chi connectivity index (χ3n) is 3.72. The normalized spacial score (nSPS) is 11.1. The predicted octanol–water partition coefficient (Wildman–Crippen LogP) is 3.96. The van der Waals surface area contributed by atoms with Crippen molar-refractivity contribution in [3.63, 3.8) is 0 Å². The first-order valence-corrected chi connectivity index (χ1v) is 10.0. The van der Waals surface area contributed by atoms with Crippen LogP contribution in [0.3, 0.4) is 0 Å². The molecule has 2 aromatic carbocycles. The number of nitro benzene ring substituents is 1. The van der Waals surface area contributed by atoms with E-state index in [-0.39, 0.29) is 16.3 Å². The highest BCUT2D eigenvalue weighted by molar-refractivity contribution is 7.92. The van der Waals surface area contributed by atoms with Gasteiger partial charge in [0.1, 0.15) is 5.56 Å². The summed E-state index contributed by atoms with van der Waals surface area (Å²) < 4.78 is 26.4. The molecular weight excluding hydrogens is 394 g/mol. The lowest BCUT2D eigenvalue weighted by atomic mass is 10.1. The molecule has 0 radical (unpaired) electrons. The van der Waals surface area contributed by atoms with Crippen LogP contribution in [0.2, 0.25) is 5.02 Å². The second-order valence-electron chi connectivity index (χ2n) is 5.77. The first-order chi connectivity index (χ1) is 12.6. The van der Waals surface area contributed by atoms with E-state index in [1.54, 1.807) is 32.0 Å². The Morgan fingerprint density at radius 1 is 1.22 bits per heavy atom. The molecule has 27 heavy (non-hydrogen) atoms. The van der Waals surface area contributed by atoms with Gasteiger partial charge in [0.2, 0.25) is 10.0 Å². The summed E-state index contributed by atoms with van der Waals surface area (Å²) in [7, 11) is -3.49. The lowest BCUT2D eigenvalue weighted by molar-refractivity contribution is -0.385. The minimum Gasteiger partial charge on any atom is -0.321 e. The molecule has 0 saturated carbocycles. The van der Waals surface area contributed by atoms with Gasteiger partial charge in [-0.25, -0.2) is 8.42 Å². The Bertz CT molecular complexity index is 992. The molecule has 2 aromatic rings. The quantitative estimate of drug-likeness (QED) is 0.528. The van der Waals surface area contributed by atoms with Crippen molar-refractivity contribution < 1.29 is 18.1 Å². The van der Waals surface area contributed by atoms with Crippen LogP contribution in [0.25, 0.3) is 0 Å². The second-order valence-corrected chi connectivity index (χ2v) is 8.05. The van der Waals surface area contributed by atoms with Crippen LogP contribution >= 0.6 is 11.6 Å². The monoisotopic (exact) mass is 411 g/mol. The summed E-state index contributed by atoms with van der Waals surface area (Å²) in [6.45, 7) is 3.39. The molecular formula is C17H18ClN3O5S. The zero-order valence-corrected chi connectivity index (χ0v) is 16.2. The number of anilines is 2. The van der Waals surface area contributed by atoms with Crippen molar-refractivity contribution in [3.8, 4) is 0 Å². The minimum atomic E-state index is -3.49. The largest absolute Gasteiger partial charge is 0.321 e. The van der Waals surface area contributed by atoms with Crippen LogP contribution in [0, 0.1) is 17.0 Å². The zero-order valence-electron chi connectivity index (χ0n) is 14.7. The van der Waals surface area contributed by atoms with Gasteiger partial charge in [0, 0.05) is 16.8 Å². The highest BCUT2D eigenvalue weighted by atomic mass is 35.5. The molecule has 0 bridgehead atoms. The van der Waals surface area contributed by atoms with Crippen molar-refractivity contribution in [1.82, 2.24) is 0 Å². The number of hydrogen-bond donors (Lipinski definition) is 2. The molecule has 0 aliphatic carbocycles. The Morgan fingerprint density at radius 3 is 2.52 bits per heavy atom. The molecule has 0 unspecified atom stereocenters. The Hall–Kier alpha value is -2.65. The van der Waals surface area contributed by atoms with Gasteiger partial charge in [-0.05, 0) is 43.2 Å². The van der Waals surface area contributed by atoms with Crippen molar-refractivity contribution in [2.75, 3.05) is 15.8 Å². The number of nitrogens with zero attached hydrogens (tertiary/aromatic N) is 1. The van der Waals surface area contributed by atoms with Crippen molar-refractivity contribution in [2.45, 2.75) is 20.3 Å². The van der Waals surface area contributed by atoms with Gasteiger partial charge in [0.05, 0.1) is 16.4 Å². The average molecular weight is 412 g/mol. The van der Waals surface area contributed by atoms with Crippen molar-refractivity contribution in [2.24, 2.45) is 0 Å². The summed E-state index contributed by atoms with van der Waals surface area (Å²) in [5, 5.41) is 13.9. The summed E-state index contributed by atoms with van der Waals surface area (Å²) in [4.78, 5) is 23.0. The molecule has 0 fully saturated rings. The van der Waals surface area contributed by atoms with E-state index in [9.17, 15) is 23.3 Å². The molecule has 2 N–H and O–H groups in total. The van der Waals surface area contributed by atoms with Crippen LogP contribution in [-0.4, -0.2) is 25.0 Å². The second kappa shape index (κ2) is 8.36. The van der Waals surface area contributed by atoms with Gasteiger partial charge in [0.15, 0.2) is 0 Å². The van der Waals surface area contributed by atoms with Gasteiger partial charge in [-0.3, -0.25) is 19.6 Å². The third-order valence-corrected chi connectivity index (χ3v) is 5.43. The van der Waals surface area contributed by atoms with E-state index >= 15 is 0 Å².